The number of methoxy groups -OCH3 is 1. The van der Waals surface area contributed by atoms with Crippen molar-refractivity contribution >= 4 is 5.91 Å². The van der Waals surface area contributed by atoms with Crippen LogP contribution in [-0.4, -0.2) is 57.4 Å². The summed E-state index contributed by atoms with van der Waals surface area (Å²) in [7, 11) is 1.63. The van der Waals surface area contributed by atoms with Crippen LogP contribution >= 0.6 is 0 Å². The summed E-state index contributed by atoms with van der Waals surface area (Å²) in [6, 6.07) is 8.69. The van der Waals surface area contributed by atoms with Crippen molar-refractivity contribution in [1.82, 2.24) is 10.2 Å². The van der Waals surface area contributed by atoms with E-state index >= 15 is 0 Å². The van der Waals surface area contributed by atoms with E-state index in [0.29, 0.717) is 25.0 Å². The van der Waals surface area contributed by atoms with Gasteiger partial charge in [0.1, 0.15) is 6.61 Å². The van der Waals surface area contributed by atoms with E-state index in [9.17, 15) is 4.79 Å². The normalized spacial score (nSPS) is 24.7. The number of nitrogens with one attached hydrogen (secondary N) is 1. The Balaban J connectivity index is 1.64. The summed E-state index contributed by atoms with van der Waals surface area (Å²) in [5, 5.41) is 3.24. The fourth-order valence-electron chi connectivity index (χ4n) is 4.27. The molecule has 1 aliphatic heterocycles. The Labute approximate surface area is 157 Å². The number of hydrogen-bond acceptors (Lipinski definition) is 4. The number of hydrogen-bond donors (Lipinski definition) is 1. The van der Waals surface area contributed by atoms with Gasteiger partial charge in [0.05, 0.1) is 19.3 Å². The number of ether oxygens (including phenoxy) is 2. The summed E-state index contributed by atoms with van der Waals surface area (Å²) in [6.07, 6.45) is 1.23. The highest BCUT2D eigenvalue weighted by Crippen LogP contribution is 2.49. The van der Waals surface area contributed by atoms with E-state index in [-0.39, 0.29) is 18.6 Å². The average molecular weight is 360 g/mol. The van der Waals surface area contributed by atoms with Gasteiger partial charge in [0, 0.05) is 32.0 Å². The first-order valence-electron chi connectivity index (χ1n) is 9.77. The van der Waals surface area contributed by atoms with Crippen LogP contribution in [0.25, 0.3) is 0 Å². The molecule has 1 amide bonds. The molecule has 0 aromatic heterocycles. The minimum absolute atomic E-state index is 0.0396. The Morgan fingerprint density at radius 3 is 2.73 bits per heavy atom. The summed E-state index contributed by atoms with van der Waals surface area (Å²) in [4.78, 5) is 14.9. The van der Waals surface area contributed by atoms with Gasteiger partial charge >= 0.3 is 0 Å². The van der Waals surface area contributed by atoms with Gasteiger partial charge in [-0.3, -0.25) is 4.79 Å². The first-order chi connectivity index (χ1) is 12.6. The molecule has 144 valence electrons. The molecule has 2 aliphatic rings. The predicted molar refractivity (Wildman–Crippen MR) is 102 cm³/mol. The summed E-state index contributed by atoms with van der Waals surface area (Å²) in [6.45, 7) is 8.91. The molecule has 5 nitrogen and oxygen atoms in total. The number of carbonyl (C=O) groups is 1. The van der Waals surface area contributed by atoms with E-state index in [1.54, 1.807) is 7.11 Å². The van der Waals surface area contributed by atoms with Gasteiger partial charge in [-0.05, 0) is 30.0 Å². The molecule has 3 atom stereocenters. The van der Waals surface area contributed by atoms with Crippen molar-refractivity contribution in [3.8, 4) is 0 Å². The lowest BCUT2D eigenvalue weighted by molar-refractivity contribution is -0.127. The molecule has 0 spiro atoms. The monoisotopic (exact) mass is 360 g/mol. The van der Waals surface area contributed by atoms with Gasteiger partial charge in [0.25, 0.3) is 0 Å². The van der Waals surface area contributed by atoms with Gasteiger partial charge in [-0.2, -0.15) is 0 Å². The van der Waals surface area contributed by atoms with Crippen LogP contribution in [-0.2, 0) is 14.3 Å². The summed E-state index contributed by atoms with van der Waals surface area (Å²) < 4.78 is 10.3. The van der Waals surface area contributed by atoms with Crippen molar-refractivity contribution < 1.29 is 14.3 Å². The zero-order valence-corrected chi connectivity index (χ0v) is 16.2. The zero-order valence-electron chi connectivity index (χ0n) is 16.2. The number of amides is 1. The van der Waals surface area contributed by atoms with Crippen LogP contribution in [0.4, 0.5) is 0 Å². The molecule has 26 heavy (non-hydrogen) atoms. The van der Waals surface area contributed by atoms with E-state index in [1.165, 1.54) is 17.5 Å². The first kappa shape index (κ1) is 19.3. The summed E-state index contributed by atoms with van der Waals surface area (Å²) >= 11 is 0. The molecule has 0 bridgehead atoms. The minimum atomic E-state index is -0.0396. The maximum Gasteiger partial charge on any atom is 0.246 e. The second kappa shape index (κ2) is 8.98. The molecule has 1 N–H and O–H groups in total. The molecule has 0 unspecified atom stereocenters. The topological polar surface area (TPSA) is 50.8 Å². The molecule has 1 fully saturated rings. The van der Waals surface area contributed by atoms with Gasteiger partial charge in [-0.25, -0.2) is 0 Å². The quantitative estimate of drug-likeness (QED) is 0.688. The number of carbonyl (C=O) groups excluding carboxylic acids is 1. The highest BCUT2D eigenvalue weighted by Gasteiger charge is 2.46. The highest BCUT2D eigenvalue weighted by atomic mass is 16.5. The maximum atomic E-state index is 12.4. The Hall–Kier alpha value is -1.43. The highest BCUT2D eigenvalue weighted by molar-refractivity contribution is 5.78. The van der Waals surface area contributed by atoms with E-state index in [1.807, 2.05) is 0 Å². The largest absolute Gasteiger partial charge is 0.382 e. The lowest BCUT2D eigenvalue weighted by atomic mass is 9.94. The number of fused-ring (bicyclic) bond motifs is 3. The van der Waals surface area contributed by atoms with E-state index < -0.39 is 0 Å². The zero-order chi connectivity index (χ0) is 18.5. The van der Waals surface area contributed by atoms with Gasteiger partial charge in [-0.1, -0.05) is 38.1 Å². The molecule has 1 aromatic rings. The van der Waals surface area contributed by atoms with Gasteiger partial charge in [0.15, 0.2) is 0 Å². The van der Waals surface area contributed by atoms with Crippen molar-refractivity contribution in [1.29, 1.82) is 0 Å². The van der Waals surface area contributed by atoms with Crippen LogP contribution in [0.3, 0.4) is 0 Å². The number of likely N-dealkylation sites (tertiary alicyclic amines) is 1. The number of nitrogens with zero attached hydrogens (tertiary/aromatic N) is 1. The van der Waals surface area contributed by atoms with Crippen LogP contribution in [0.1, 0.15) is 43.4 Å². The maximum absolute atomic E-state index is 12.4. The molecular weight excluding hydrogens is 328 g/mol. The Bertz CT molecular complexity index is 605. The predicted octanol–water partition coefficient (Wildman–Crippen LogP) is 2.58. The third-order valence-corrected chi connectivity index (χ3v) is 5.60. The molecule has 3 rings (SSSR count). The van der Waals surface area contributed by atoms with Gasteiger partial charge in [0.2, 0.25) is 5.91 Å². The van der Waals surface area contributed by atoms with Crippen LogP contribution in [0.2, 0.25) is 0 Å². The molecule has 0 radical (unpaired) electrons. The van der Waals surface area contributed by atoms with Crippen molar-refractivity contribution in [3.63, 3.8) is 0 Å². The van der Waals surface area contributed by atoms with Crippen molar-refractivity contribution in [2.45, 2.75) is 32.2 Å². The van der Waals surface area contributed by atoms with Crippen LogP contribution < -0.4 is 5.32 Å². The van der Waals surface area contributed by atoms with Crippen molar-refractivity contribution in [3.05, 3.63) is 35.4 Å². The van der Waals surface area contributed by atoms with E-state index in [2.05, 4.69) is 48.3 Å². The third-order valence-electron chi connectivity index (χ3n) is 5.60. The molecule has 1 aliphatic carbocycles. The Kier molecular flexibility index (Phi) is 6.68. The van der Waals surface area contributed by atoms with E-state index in [4.69, 9.17) is 9.47 Å². The molecule has 1 saturated heterocycles. The van der Waals surface area contributed by atoms with Crippen LogP contribution in [0.15, 0.2) is 24.3 Å². The molecule has 1 aromatic carbocycles. The number of rotatable bonds is 9. The van der Waals surface area contributed by atoms with Crippen molar-refractivity contribution in [2.24, 2.45) is 11.8 Å². The molecule has 1 heterocycles. The first-order valence-corrected chi connectivity index (χ1v) is 9.77. The van der Waals surface area contributed by atoms with Crippen molar-refractivity contribution in [2.75, 3.05) is 46.6 Å². The second-order valence-corrected chi connectivity index (χ2v) is 7.93. The summed E-state index contributed by atoms with van der Waals surface area (Å²) in [5.41, 5.74) is 2.70. The van der Waals surface area contributed by atoms with Gasteiger partial charge in [-0.15, -0.1) is 0 Å². The smallest absolute Gasteiger partial charge is 0.246 e. The number of benzene rings is 1. The third kappa shape index (κ3) is 4.45. The fourth-order valence-corrected chi connectivity index (χ4v) is 4.27. The lowest BCUT2D eigenvalue weighted by Gasteiger charge is -2.23. The van der Waals surface area contributed by atoms with Crippen LogP contribution in [0, 0.1) is 11.8 Å². The van der Waals surface area contributed by atoms with E-state index in [0.717, 1.165) is 25.6 Å². The lowest BCUT2D eigenvalue weighted by Crippen LogP contribution is -2.36. The fraction of sp³-hybridized carbons (Fsp3) is 0.667. The Morgan fingerprint density at radius 1 is 1.23 bits per heavy atom. The second-order valence-electron chi connectivity index (χ2n) is 7.93. The molecule has 0 saturated carbocycles. The SMILES string of the molecule is COCCOCC(=O)N[C@@H]1c2ccccc2[C@@H]2CN(CCC(C)C)C[C@H]12. The molecule has 5 heteroatoms. The summed E-state index contributed by atoms with van der Waals surface area (Å²) in [5.74, 6) is 1.67. The van der Waals surface area contributed by atoms with Gasteiger partial charge < -0.3 is 19.7 Å². The Morgan fingerprint density at radius 2 is 2.00 bits per heavy atom. The van der Waals surface area contributed by atoms with Crippen LogP contribution in [0.5, 0.6) is 0 Å². The standard InChI is InChI=1S/C21H32N2O3/c1-15(2)8-9-23-12-18-16-6-4-5-7-17(16)21(19(18)13-23)22-20(24)14-26-11-10-25-3/h4-7,15,18-19,21H,8-14H2,1-3H3,(H,22,24)/t18-,19-,21+/m0/s1. The minimum Gasteiger partial charge on any atom is -0.382 e. The molecular formula is C21H32N2O3. The average Bonchev–Trinajstić information content (AvgIpc) is 3.16.